The molecule has 1 atom stereocenters. The Morgan fingerprint density at radius 2 is 2.07 bits per heavy atom. The quantitative estimate of drug-likeness (QED) is 0.517. The van der Waals surface area contributed by atoms with Gasteiger partial charge in [0.25, 0.3) is 11.5 Å². The zero-order valence-electron chi connectivity index (χ0n) is 16.3. The lowest BCUT2D eigenvalue weighted by atomic mass is 9.97. The van der Waals surface area contributed by atoms with Crippen molar-refractivity contribution in [3.63, 3.8) is 0 Å². The average molecular weight is 410 g/mol. The van der Waals surface area contributed by atoms with Gasteiger partial charge < -0.3 is 4.74 Å². The summed E-state index contributed by atoms with van der Waals surface area (Å²) in [4.78, 5) is 32.1. The van der Waals surface area contributed by atoms with Crippen molar-refractivity contribution in [2.75, 3.05) is 7.11 Å². The minimum atomic E-state index is -0.716. The number of hydrazone groups is 1. The lowest BCUT2D eigenvalue weighted by molar-refractivity contribution is -0.123. The molecule has 0 saturated carbocycles. The Hall–Kier alpha value is -3.00. The van der Waals surface area contributed by atoms with Crippen molar-refractivity contribution < 1.29 is 9.53 Å². The van der Waals surface area contributed by atoms with Crippen molar-refractivity contribution >= 4 is 33.7 Å². The smallest absolute Gasteiger partial charge is 0.263 e. The molecule has 1 amide bonds. The first-order valence-electron chi connectivity index (χ1n) is 9.57. The fourth-order valence-corrected chi connectivity index (χ4v) is 4.73. The molecule has 1 aliphatic carbocycles. The number of aryl methyl sites for hydroxylation is 2. The Labute approximate surface area is 172 Å². The van der Waals surface area contributed by atoms with Crippen LogP contribution in [-0.2, 0) is 17.6 Å². The Bertz CT molecular complexity index is 1130. The monoisotopic (exact) mass is 410 g/mol. The van der Waals surface area contributed by atoms with Crippen LogP contribution in [0.3, 0.4) is 0 Å². The van der Waals surface area contributed by atoms with Gasteiger partial charge in [-0.2, -0.15) is 5.10 Å². The van der Waals surface area contributed by atoms with Gasteiger partial charge in [0.1, 0.15) is 16.6 Å². The van der Waals surface area contributed by atoms with Gasteiger partial charge in [-0.15, -0.1) is 11.3 Å². The topological polar surface area (TPSA) is 85.6 Å². The summed E-state index contributed by atoms with van der Waals surface area (Å²) in [6.45, 7) is 1.67. The van der Waals surface area contributed by atoms with Crippen LogP contribution in [-0.4, -0.2) is 28.8 Å². The maximum absolute atomic E-state index is 13.1. The number of ether oxygens (including phenoxy) is 1. The molecule has 4 rings (SSSR count). The molecule has 0 aliphatic heterocycles. The molecule has 1 aliphatic rings. The van der Waals surface area contributed by atoms with E-state index < -0.39 is 6.04 Å². The first-order chi connectivity index (χ1) is 14.1. The SMILES string of the molecule is COc1ccc(/C=N\NC(=O)[C@H](C)n2cnc3sc4c(c3c2=O)CCCC4)cc1. The largest absolute Gasteiger partial charge is 0.497 e. The Balaban J connectivity index is 1.52. The highest BCUT2D eigenvalue weighted by molar-refractivity contribution is 7.18. The van der Waals surface area contributed by atoms with Gasteiger partial charge in [0.15, 0.2) is 0 Å². The lowest BCUT2D eigenvalue weighted by Gasteiger charge is -2.14. The van der Waals surface area contributed by atoms with Crippen LogP contribution in [0.15, 0.2) is 40.5 Å². The molecule has 7 nitrogen and oxygen atoms in total. The summed E-state index contributed by atoms with van der Waals surface area (Å²) in [5, 5.41) is 4.67. The second-order valence-corrected chi connectivity index (χ2v) is 8.12. The van der Waals surface area contributed by atoms with E-state index in [0.29, 0.717) is 5.39 Å². The third-order valence-corrected chi connectivity index (χ3v) is 6.40. The second kappa shape index (κ2) is 8.16. The predicted octanol–water partition coefficient (Wildman–Crippen LogP) is 3.06. The van der Waals surface area contributed by atoms with E-state index >= 15 is 0 Å². The van der Waals surface area contributed by atoms with Crippen LogP contribution in [0.2, 0.25) is 0 Å². The molecule has 1 N–H and O–H groups in total. The van der Waals surface area contributed by atoms with Crippen molar-refractivity contribution in [2.24, 2.45) is 5.10 Å². The number of amides is 1. The molecule has 150 valence electrons. The van der Waals surface area contributed by atoms with Gasteiger partial charge >= 0.3 is 0 Å². The number of benzene rings is 1. The zero-order valence-corrected chi connectivity index (χ0v) is 17.2. The minimum Gasteiger partial charge on any atom is -0.497 e. The number of carbonyl (C=O) groups excluding carboxylic acids is 1. The van der Waals surface area contributed by atoms with Crippen LogP contribution < -0.4 is 15.7 Å². The van der Waals surface area contributed by atoms with E-state index in [-0.39, 0.29) is 11.5 Å². The van der Waals surface area contributed by atoms with Gasteiger partial charge in [-0.1, -0.05) is 0 Å². The number of hydrogen-bond donors (Lipinski definition) is 1. The van der Waals surface area contributed by atoms with Crippen molar-refractivity contribution in [1.82, 2.24) is 15.0 Å². The summed E-state index contributed by atoms with van der Waals surface area (Å²) in [6.07, 6.45) is 7.16. The van der Waals surface area contributed by atoms with Gasteiger partial charge in [0, 0.05) is 4.88 Å². The first-order valence-corrected chi connectivity index (χ1v) is 10.4. The van der Waals surface area contributed by atoms with E-state index in [1.807, 2.05) is 24.3 Å². The average Bonchev–Trinajstić information content (AvgIpc) is 3.13. The predicted molar refractivity (Wildman–Crippen MR) is 114 cm³/mol. The van der Waals surface area contributed by atoms with Crippen LogP contribution in [0.5, 0.6) is 5.75 Å². The minimum absolute atomic E-state index is 0.156. The highest BCUT2D eigenvalue weighted by Gasteiger charge is 2.23. The van der Waals surface area contributed by atoms with Crippen molar-refractivity contribution in [3.8, 4) is 5.75 Å². The molecule has 3 aromatic rings. The first kappa shape index (κ1) is 19.3. The van der Waals surface area contributed by atoms with Gasteiger partial charge in [0.2, 0.25) is 0 Å². The molecular formula is C21H22N4O3S. The lowest BCUT2D eigenvalue weighted by Crippen LogP contribution is -2.34. The van der Waals surface area contributed by atoms with Crippen LogP contribution in [0, 0.1) is 0 Å². The molecule has 0 fully saturated rings. The Morgan fingerprint density at radius 1 is 1.31 bits per heavy atom. The fraction of sp³-hybridized carbons (Fsp3) is 0.333. The third-order valence-electron chi connectivity index (χ3n) is 5.20. The number of thiophene rings is 1. The number of nitrogens with one attached hydrogen (secondary N) is 1. The molecule has 0 bridgehead atoms. The summed E-state index contributed by atoms with van der Waals surface area (Å²) in [7, 11) is 1.60. The fourth-order valence-electron chi connectivity index (χ4n) is 3.52. The Morgan fingerprint density at radius 3 is 2.83 bits per heavy atom. The number of rotatable bonds is 5. The number of nitrogens with zero attached hydrogens (tertiary/aromatic N) is 3. The van der Waals surface area contributed by atoms with Crippen LogP contribution in [0.25, 0.3) is 10.2 Å². The normalized spacial score (nSPS) is 14.7. The molecule has 0 spiro atoms. The molecule has 1 aromatic carbocycles. The van der Waals surface area contributed by atoms with Crippen LogP contribution >= 0.6 is 11.3 Å². The maximum Gasteiger partial charge on any atom is 0.263 e. The molecular weight excluding hydrogens is 388 g/mol. The molecule has 29 heavy (non-hydrogen) atoms. The van der Waals surface area contributed by atoms with Crippen LogP contribution in [0.1, 0.15) is 41.8 Å². The summed E-state index contributed by atoms with van der Waals surface area (Å²) >= 11 is 1.60. The molecule has 0 radical (unpaired) electrons. The molecule has 2 aromatic heterocycles. The summed E-state index contributed by atoms with van der Waals surface area (Å²) in [5.41, 5.74) is 4.29. The molecule has 8 heteroatoms. The van der Waals surface area contributed by atoms with Crippen molar-refractivity contribution in [1.29, 1.82) is 0 Å². The number of hydrogen-bond acceptors (Lipinski definition) is 6. The zero-order chi connectivity index (χ0) is 20.4. The highest BCUT2D eigenvalue weighted by Crippen LogP contribution is 2.33. The van der Waals surface area contributed by atoms with Gasteiger partial charge in [0.05, 0.1) is 25.0 Å². The van der Waals surface area contributed by atoms with E-state index in [9.17, 15) is 9.59 Å². The van der Waals surface area contributed by atoms with Crippen molar-refractivity contribution in [3.05, 3.63) is 57.0 Å². The summed E-state index contributed by atoms with van der Waals surface area (Å²) in [5.74, 6) is 0.375. The van der Waals surface area contributed by atoms with E-state index in [4.69, 9.17) is 4.74 Å². The van der Waals surface area contributed by atoms with Crippen LogP contribution in [0.4, 0.5) is 0 Å². The van der Waals surface area contributed by atoms with E-state index in [1.54, 1.807) is 31.6 Å². The van der Waals surface area contributed by atoms with Gasteiger partial charge in [-0.05, 0) is 68.0 Å². The number of aromatic nitrogens is 2. The number of fused-ring (bicyclic) bond motifs is 3. The van der Waals surface area contributed by atoms with Crippen molar-refractivity contribution in [2.45, 2.75) is 38.6 Å². The Kier molecular flexibility index (Phi) is 5.44. The number of carbonyl (C=O) groups is 1. The van der Waals surface area contributed by atoms with E-state index in [0.717, 1.165) is 47.4 Å². The molecule has 0 unspecified atom stereocenters. The van der Waals surface area contributed by atoms with Gasteiger partial charge in [-0.3, -0.25) is 14.2 Å². The standard InChI is InChI=1S/C21H22N4O3S/c1-13(19(26)24-23-11-14-7-9-15(28-2)10-8-14)25-12-22-20-18(21(25)27)16-5-3-4-6-17(16)29-20/h7-13H,3-6H2,1-2H3,(H,24,26)/b23-11-/t13-/m0/s1. The molecule has 2 heterocycles. The van der Waals surface area contributed by atoms with Gasteiger partial charge in [-0.25, -0.2) is 10.4 Å². The highest BCUT2D eigenvalue weighted by atomic mass is 32.1. The third kappa shape index (κ3) is 3.80. The summed E-state index contributed by atoms with van der Waals surface area (Å²) in [6, 6.07) is 6.58. The molecule has 0 saturated heterocycles. The number of methoxy groups -OCH3 is 1. The van der Waals surface area contributed by atoms with E-state index in [2.05, 4.69) is 15.5 Å². The summed E-state index contributed by atoms with van der Waals surface area (Å²) < 4.78 is 6.50. The maximum atomic E-state index is 13.1. The van der Waals surface area contributed by atoms with E-state index in [1.165, 1.54) is 15.8 Å². The second-order valence-electron chi connectivity index (χ2n) is 7.03.